The SMILES string of the molecule is CCCCc1ccc2c(c1)s/c(=N\S(=O)(=O)c1ccc(Cl)cc1)n2CC(=O)OCC. The number of halogens is 1. The van der Waals surface area contributed by atoms with Crippen LogP contribution in [-0.4, -0.2) is 25.6 Å². The van der Waals surface area contributed by atoms with Crippen molar-refractivity contribution in [3.8, 4) is 0 Å². The number of hydrogen-bond donors (Lipinski definition) is 0. The Morgan fingerprint density at radius 2 is 1.90 bits per heavy atom. The van der Waals surface area contributed by atoms with Crippen LogP contribution in [-0.2, 0) is 32.5 Å². The summed E-state index contributed by atoms with van der Waals surface area (Å²) in [6.07, 6.45) is 3.10. The first-order valence-electron chi connectivity index (χ1n) is 9.68. The van der Waals surface area contributed by atoms with Gasteiger partial charge in [-0.3, -0.25) is 4.79 Å². The summed E-state index contributed by atoms with van der Waals surface area (Å²) in [5, 5.41) is 0.438. The van der Waals surface area contributed by atoms with Crippen molar-refractivity contribution >= 4 is 49.1 Å². The minimum atomic E-state index is -3.97. The summed E-state index contributed by atoms with van der Waals surface area (Å²) >= 11 is 7.10. The molecule has 0 bridgehead atoms. The van der Waals surface area contributed by atoms with Gasteiger partial charge in [-0.15, -0.1) is 4.40 Å². The number of thiazole rings is 1. The summed E-state index contributed by atoms with van der Waals surface area (Å²) in [6, 6.07) is 11.8. The van der Waals surface area contributed by atoms with Crippen molar-refractivity contribution in [2.45, 2.75) is 44.6 Å². The summed E-state index contributed by atoms with van der Waals surface area (Å²) in [6.45, 7) is 4.00. The number of sulfonamides is 1. The van der Waals surface area contributed by atoms with E-state index in [4.69, 9.17) is 16.3 Å². The third kappa shape index (κ3) is 5.30. The quantitative estimate of drug-likeness (QED) is 0.456. The van der Waals surface area contributed by atoms with Crippen molar-refractivity contribution in [1.29, 1.82) is 0 Å². The van der Waals surface area contributed by atoms with Gasteiger partial charge in [0.15, 0.2) is 0 Å². The molecule has 0 N–H and O–H groups in total. The Labute approximate surface area is 184 Å². The van der Waals surface area contributed by atoms with Crippen molar-refractivity contribution < 1.29 is 17.9 Å². The van der Waals surface area contributed by atoms with Crippen LogP contribution in [0.4, 0.5) is 0 Å². The van der Waals surface area contributed by atoms with Crippen molar-refractivity contribution in [2.24, 2.45) is 4.40 Å². The Hall–Kier alpha value is -2.16. The van der Waals surface area contributed by atoms with Gasteiger partial charge in [-0.1, -0.05) is 42.3 Å². The minimum Gasteiger partial charge on any atom is -0.465 e. The lowest BCUT2D eigenvalue weighted by molar-refractivity contribution is -0.143. The molecule has 0 spiro atoms. The molecule has 1 aromatic heterocycles. The number of carbonyl (C=O) groups is 1. The van der Waals surface area contributed by atoms with Gasteiger partial charge >= 0.3 is 5.97 Å². The Bertz CT molecular complexity index is 1210. The highest BCUT2D eigenvalue weighted by molar-refractivity contribution is 7.90. The molecule has 0 aliphatic rings. The number of aryl methyl sites for hydroxylation is 1. The number of nitrogens with zero attached hydrogens (tertiary/aromatic N) is 2. The Morgan fingerprint density at radius 1 is 1.17 bits per heavy atom. The van der Waals surface area contributed by atoms with Crippen LogP contribution in [0, 0.1) is 0 Å². The summed E-state index contributed by atoms with van der Waals surface area (Å²) in [7, 11) is -3.97. The fourth-order valence-electron chi connectivity index (χ4n) is 2.97. The molecule has 6 nitrogen and oxygen atoms in total. The van der Waals surface area contributed by atoms with Crippen LogP contribution in [0.25, 0.3) is 10.2 Å². The number of carbonyl (C=O) groups excluding carboxylic acids is 1. The summed E-state index contributed by atoms with van der Waals surface area (Å²) in [5.41, 5.74) is 1.92. The highest BCUT2D eigenvalue weighted by Crippen LogP contribution is 2.22. The van der Waals surface area contributed by atoms with Gasteiger partial charge in [0, 0.05) is 5.02 Å². The van der Waals surface area contributed by atoms with E-state index in [0.717, 1.165) is 29.5 Å². The molecular weight excluding hydrogens is 444 g/mol. The molecule has 0 amide bonds. The van der Waals surface area contributed by atoms with E-state index in [-0.39, 0.29) is 22.8 Å². The Kier molecular flexibility index (Phi) is 7.33. The lowest BCUT2D eigenvalue weighted by Crippen LogP contribution is -2.23. The number of ether oxygens (including phenoxy) is 1. The van der Waals surface area contributed by atoms with Gasteiger partial charge in [0.25, 0.3) is 10.0 Å². The molecule has 160 valence electrons. The number of fused-ring (bicyclic) bond motifs is 1. The van der Waals surface area contributed by atoms with E-state index < -0.39 is 16.0 Å². The van der Waals surface area contributed by atoms with Crippen LogP contribution in [0.3, 0.4) is 0 Å². The number of hydrogen-bond acceptors (Lipinski definition) is 5. The molecule has 0 saturated carbocycles. The van der Waals surface area contributed by atoms with Crippen molar-refractivity contribution in [3.05, 3.63) is 57.9 Å². The first-order valence-corrected chi connectivity index (χ1v) is 12.3. The third-order valence-corrected chi connectivity index (χ3v) is 7.16. The number of benzene rings is 2. The maximum absolute atomic E-state index is 12.8. The van der Waals surface area contributed by atoms with Gasteiger partial charge in [0.2, 0.25) is 4.80 Å². The highest BCUT2D eigenvalue weighted by atomic mass is 35.5. The standard InChI is InChI=1S/C21H23ClN2O4S2/c1-3-5-6-15-7-12-18-19(13-15)29-21(24(18)14-20(25)28-4-2)23-30(26,27)17-10-8-16(22)9-11-17/h7-13H,3-6,14H2,1-2H3/b23-21-. The van der Waals surface area contributed by atoms with Crippen molar-refractivity contribution in [2.75, 3.05) is 6.61 Å². The van der Waals surface area contributed by atoms with E-state index in [1.807, 2.05) is 18.2 Å². The maximum atomic E-state index is 12.8. The molecule has 9 heteroatoms. The van der Waals surface area contributed by atoms with E-state index >= 15 is 0 Å². The number of unbranched alkanes of at least 4 members (excludes halogenated alkanes) is 1. The maximum Gasteiger partial charge on any atom is 0.326 e. The fraction of sp³-hybridized carbons (Fsp3) is 0.333. The Morgan fingerprint density at radius 3 is 2.57 bits per heavy atom. The van der Waals surface area contributed by atoms with Crippen LogP contribution in [0.1, 0.15) is 32.3 Å². The Balaban J connectivity index is 2.13. The molecule has 30 heavy (non-hydrogen) atoms. The van der Waals surface area contributed by atoms with E-state index in [1.165, 1.54) is 41.2 Å². The van der Waals surface area contributed by atoms with E-state index in [2.05, 4.69) is 11.3 Å². The number of rotatable bonds is 8. The van der Waals surface area contributed by atoms with E-state index in [1.54, 1.807) is 11.5 Å². The fourth-order valence-corrected chi connectivity index (χ4v) is 5.40. The number of esters is 1. The summed E-state index contributed by atoms with van der Waals surface area (Å²) in [5.74, 6) is -0.447. The topological polar surface area (TPSA) is 77.7 Å². The van der Waals surface area contributed by atoms with Crippen LogP contribution < -0.4 is 4.80 Å². The molecule has 0 aliphatic carbocycles. The van der Waals surface area contributed by atoms with Crippen molar-refractivity contribution in [3.63, 3.8) is 0 Å². The second kappa shape index (κ2) is 9.76. The van der Waals surface area contributed by atoms with E-state index in [0.29, 0.717) is 5.02 Å². The van der Waals surface area contributed by atoms with Gasteiger partial charge in [-0.05, 0) is 61.7 Å². The lowest BCUT2D eigenvalue weighted by Gasteiger charge is -2.06. The second-order valence-corrected chi connectivity index (χ2v) is 9.75. The molecule has 0 atom stereocenters. The third-order valence-electron chi connectivity index (χ3n) is 4.47. The minimum absolute atomic E-state index is 0.0377. The molecule has 0 radical (unpaired) electrons. The average molecular weight is 467 g/mol. The summed E-state index contributed by atoms with van der Waals surface area (Å²) in [4.78, 5) is 12.4. The summed E-state index contributed by atoms with van der Waals surface area (Å²) < 4.78 is 37.2. The molecule has 0 saturated heterocycles. The highest BCUT2D eigenvalue weighted by Gasteiger charge is 2.17. The predicted molar refractivity (Wildman–Crippen MR) is 119 cm³/mol. The van der Waals surface area contributed by atoms with Crippen LogP contribution in [0.15, 0.2) is 51.8 Å². The van der Waals surface area contributed by atoms with Gasteiger partial charge in [-0.2, -0.15) is 8.42 Å². The molecule has 0 unspecified atom stereocenters. The second-order valence-electron chi connectivity index (χ2n) is 6.70. The zero-order valence-electron chi connectivity index (χ0n) is 16.8. The van der Waals surface area contributed by atoms with Crippen LogP contribution >= 0.6 is 22.9 Å². The molecule has 2 aromatic carbocycles. The van der Waals surface area contributed by atoms with Crippen LogP contribution in [0.2, 0.25) is 5.02 Å². The largest absolute Gasteiger partial charge is 0.465 e. The first kappa shape index (κ1) is 22.5. The van der Waals surface area contributed by atoms with Crippen LogP contribution in [0.5, 0.6) is 0 Å². The molecule has 0 fully saturated rings. The molecular formula is C21H23ClN2O4S2. The predicted octanol–water partition coefficient (Wildman–Crippen LogP) is 4.55. The molecule has 0 aliphatic heterocycles. The molecule has 3 aromatic rings. The van der Waals surface area contributed by atoms with Crippen molar-refractivity contribution in [1.82, 2.24) is 4.57 Å². The molecule has 3 rings (SSSR count). The normalized spacial score (nSPS) is 12.4. The van der Waals surface area contributed by atoms with Gasteiger partial charge in [0.05, 0.1) is 21.7 Å². The monoisotopic (exact) mass is 466 g/mol. The van der Waals surface area contributed by atoms with E-state index in [9.17, 15) is 13.2 Å². The molecule has 1 heterocycles. The zero-order chi connectivity index (χ0) is 21.7. The van der Waals surface area contributed by atoms with Gasteiger partial charge in [-0.25, -0.2) is 0 Å². The van der Waals surface area contributed by atoms with Gasteiger partial charge < -0.3 is 9.30 Å². The number of aromatic nitrogens is 1. The smallest absolute Gasteiger partial charge is 0.326 e. The zero-order valence-corrected chi connectivity index (χ0v) is 19.2. The van der Waals surface area contributed by atoms with Gasteiger partial charge in [0.1, 0.15) is 6.54 Å². The first-order chi connectivity index (χ1) is 14.3. The average Bonchev–Trinajstić information content (AvgIpc) is 3.02. The lowest BCUT2D eigenvalue weighted by atomic mass is 10.1.